The summed E-state index contributed by atoms with van der Waals surface area (Å²) in [5.74, 6) is -3.55. The van der Waals surface area contributed by atoms with E-state index < -0.39 is 40.4 Å². The average molecular weight is 854 g/mol. The summed E-state index contributed by atoms with van der Waals surface area (Å²) >= 11 is 3.24. The molecule has 4 amide bonds. The van der Waals surface area contributed by atoms with E-state index in [1.165, 1.54) is 34.3 Å². The molecule has 16 heteroatoms. The predicted molar refractivity (Wildman–Crippen MR) is 207 cm³/mol. The summed E-state index contributed by atoms with van der Waals surface area (Å²) in [4.78, 5) is 58.7. The number of hydrogen-bond donors (Lipinski definition) is 4. The third kappa shape index (κ3) is 15.4. The number of hydrogen-bond acceptors (Lipinski definition) is 7. The summed E-state index contributed by atoms with van der Waals surface area (Å²) in [6.07, 6.45) is 0. The molecule has 0 saturated carbocycles. The van der Waals surface area contributed by atoms with Gasteiger partial charge < -0.3 is 20.5 Å². The van der Waals surface area contributed by atoms with Gasteiger partial charge in [0.25, 0.3) is 23.6 Å². The number of aliphatic hydroxyl groups excluding tert-OH is 2. The Bertz CT molecular complexity index is 1740. The first kappa shape index (κ1) is 50.7. The van der Waals surface area contributed by atoms with Crippen LogP contribution < -0.4 is 10.9 Å². The molecule has 0 fully saturated rings. The minimum absolute atomic E-state index is 0. The topological polar surface area (TPSA) is 186 Å². The number of carbonyl (C=O) groups is 4. The molecular weight excluding hydrogens is 810 g/mol. The molecular formula is C39H43BrCaF2N4O8. The Hall–Kier alpha value is -4.25. The van der Waals surface area contributed by atoms with E-state index in [4.69, 9.17) is 15.0 Å². The van der Waals surface area contributed by atoms with Crippen molar-refractivity contribution in [1.29, 1.82) is 0 Å². The molecule has 0 radical (unpaired) electrons. The second-order valence-corrected chi connectivity index (χ2v) is 13.8. The number of nitrogens with zero attached hydrogens (tertiary/aromatic N) is 2. The van der Waals surface area contributed by atoms with Gasteiger partial charge in [0.15, 0.2) is 0 Å². The van der Waals surface area contributed by atoms with E-state index in [1.54, 1.807) is 108 Å². The number of benzene rings is 4. The smallest absolute Gasteiger partial charge is 0.870 e. The molecule has 0 atom stereocenters. The van der Waals surface area contributed by atoms with Crippen LogP contribution in [0.4, 0.5) is 8.78 Å². The van der Waals surface area contributed by atoms with Crippen LogP contribution in [0.15, 0.2) is 97.1 Å². The van der Waals surface area contributed by atoms with Crippen LogP contribution in [-0.2, 0) is 16.7 Å². The maximum Gasteiger partial charge on any atom is 2.00 e. The van der Waals surface area contributed by atoms with E-state index >= 15 is 0 Å². The van der Waals surface area contributed by atoms with Crippen LogP contribution in [0.3, 0.4) is 0 Å². The Morgan fingerprint density at radius 2 is 1.00 bits per heavy atom. The molecule has 0 unspecified atom stereocenters. The zero-order valence-corrected chi connectivity index (χ0v) is 35.1. The van der Waals surface area contributed by atoms with Gasteiger partial charge in [-0.2, -0.15) is 0 Å². The van der Waals surface area contributed by atoms with E-state index in [9.17, 15) is 28.0 Å². The van der Waals surface area contributed by atoms with Crippen LogP contribution >= 0.6 is 15.9 Å². The van der Waals surface area contributed by atoms with E-state index in [1.807, 2.05) is 0 Å². The first-order valence-corrected chi connectivity index (χ1v) is 17.2. The van der Waals surface area contributed by atoms with E-state index in [0.29, 0.717) is 28.5 Å². The first-order chi connectivity index (χ1) is 24.9. The molecule has 4 aromatic rings. The molecule has 0 saturated heterocycles. The molecule has 4 aromatic carbocycles. The standard InChI is InChI=1S/C19H20BrFN2O2.C19H21FN2O3.CHO2.Ca.H2O/c1-19(2,3)23(18(25)14-7-5-4-6-8-14)22-17(24)15-10-9-13(12-20)11-16(15)21;1-19(2,3)22(18(25)14-7-5-4-6-8-14)21-17(24)15-10-9-13(12-23)11-16(15)20;2-1-3;;/h4-11H,12H2,1-3H3,(H,22,24);4-11,23H,12H2,1-3H3,(H,21,24);(H,2,3);;1H2/q;;-1;+2;/p-1. The van der Waals surface area contributed by atoms with Crippen molar-refractivity contribution in [2.45, 2.75) is 64.6 Å². The molecule has 0 spiro atoms. The molecule has 0 bridgehead atoms. The van der Waals surface area contributed by atoms with Gasteiger partial charge in [-0.3, -0.25) is 30.0 Å². The monoisotopic (exact) mass is 852 g/mol. The fourth-order valence-corrected chi connectivity index (χ4v) is 4.81. The van der Waals surface area contributed by atoms with Crippen LogP contribution in [0.2, 0.25) is 0 Å². The van der Waals surface area contributed by atoms with Crippen LogP contribution in [0, 0.1) is 11.6 Å². The molecule has 290 valence electrons. The maximum absolute atomic E-state index is 14.2. The van der Waals surface area contributed by atoms with Gasteiger partial charge in [0.1, 0.15) is 11.6 Å². The van der Waals surface area contributed by atoms with Gasteiger partial charge in [-0.1, -0.05) is 70.9 Å². The molecule has 5 N–H and O–H groups in total. The quantitative estimate of drug-likeness (QED) is 0.0757. The number of aliphatic hydroxyl groups is 1. The number of nitrogens with one attached hydrogen (secondary N) is 2. The van der Waals surface area contributed by atoms with Gasteiger partial charge >= 0.3 is 37.7 Å². The Kier molecular flexibility index (Phi) is 21.8. The number of amides is 4. The molecule has 12 nitrogen and oxygen atoms in total. The summed E-state index contributed by atoms with van der Waals surface area (Å²) in [5, 5.41) is 18.7. The SMILES string of the molecule is CC(C)(C)N(NC(=O)c1ccc(CBr)cc1F)C(=O)c1ccccc1.CC(C)(C)N(NC(=O)c1ccc(CO)cc1F)C(=O)c1ccccc1.O=[C-]O.[Ca+2].[OH-]. The molecule has 0 heterocycles. The van der Waals surface area contributed by atoms with Gasteiger partial charge in [-0.05, 0) is 101 Å². The minimum Gasteiger partial charge on any atom is -0.870 e. The van der Waals surface area contributed by atoms with E-state index in [-0.39, 0.29) is 66.9 Å². The van der Waals surface area contributed by atoms with Gasteiger partial charge in [0.2, 0.25) is 0 Å². The Morgan fingerprint density at radius 1 is 0.673 bits per heavy atom. The summed E-state index contributed by atoms with van der Waals surface area (Å²) < 4.78 is 28.3. The second-order valence-electron chi connectivity index (χ2n) is 13.2. The largest absolute Gasteiger partial charge is 2.00 e. The van der Waals surface area contributed by atoms with Crippen LogP contribution in [0.25, 0.3) is 0 Å². The number of hydrazine groups is 2. The normalized spacial score (nSPS) is 10.3. The molecule has 0 aliphatic heterocycles. The molecule has 0 aliphatic carbocycles. The molecule has 0 aromatic heterocycles. The number of halogens is 3. The first-order valence-electron chi connectivity index (χ1n) is 16.1. The van der Waals surface area contributed by atoms with Crippen molar-refractivity contribution in [3.63, 3.8) is 0 Å². The Morgan fingerprint density at radius 3 is 1.29 bits per heavy atom. The summed E-state index contributed by atoms with van der Waals surface area (Å²) in [5.41, 5.74) is 5.25. The average Bonchev–Trinajstić information content (AvgIpc) is 3.12. The summed E-state index contributed by atoms with van der Waals surface area (Å²) in [6, 6.07) is 25.3. The van der Waals surface area contributed by atoms with Gasteiger partial charge in [-0.15, -0.1) is 0 Å². The molecule has 4 rings (SSSR count). The van der Waals surface area contributed by atoms with Crippen molar-refractivity contribution in [3.8, 4) is 0 Å². The zero-order chi connectivity index (χ0) is 39.9. The fraction of sp³-hybridized carbons (Fsp3) is 0.256. The third-order valence-corrected chi connectivity index (χ3v) is 7.76. The van der Waals surface area contributed by atoms with Crippen molar-refractivity contribution in [1.82, 2.24) is 20.9 Å². The van der Waals surface area contributed by atoms with Gasteiger partial charge in [0, 0.05) is 16.5 Å². The van der Waals surface area contributed by atoms with Crippen molar-refractivity contribution in [2.75, 3.05) is 0 Å². The van der Waals surface area contributed by atoms with E-state index in [2.05, 4.69) is 26.8 Å². The number of carbonyl (C=O) groups excluding carboxylic acids is 4. The van der Waals surface area contributed by atoms with Crippen LogP contribution in [0.1, 0.15) is 94.1 Å². The van der Waals surface area contributed by atoms with Crippen molar-refractivity contribution < 1.29 is 48.4 Å². The van der Waals surface area contributed by atoms with E-state index in [0.717, 1.165) is 11.6 Å². The number of rotatable bonds is 6. The van der Waals surface area contributed by atoms with Crippen molar-refractivity contribution in [2.24, 2.45) is 0 Å². The van der Waals surface area contributed by atoms with Gasteiger partial charge in [-0.25, -0.2) is 18.8 Å². The summed E-state index contributed by atoms with van der Waals surface area (Å²) in [6.45, 7) is 10.8. The van der Waals surface area contributed by atoms with Crippen LogP contribution in [0.5, 0.6) is 0 Å². The third-order valence-electron chi connectivity index (χ3n) is 7.11. The zero-order valence-electron chi connectivity index (χ0n) is 31.3. The number of alkyl halides is 1. The van der Waals surface area contributed by atoms with Crippen molar-refractivity contribution in [3.05, 3.63) is 142 Å². The predicted octanol–water partition coefficient (Wildman–Crippen LogP) is 6.26. The maximum atomic E-state index is 14.2. The Labute approximate surface area is 357 Å². The van der Waals surface area contributed by atoms with Crippen LogP contribution in [-0.4, -0.2) is 105 Å². The second kappa shape index (κ2) is 23.6. The van der Waals surface area contributed by atoms with Crippen molar-refractivity contribution >= 4 is 83.8 Å². The molecule has 55 heavy (non-hydrogen) atoms. The Balaban J connectivity index is 0.000000957. The minimum atomic E-state index is -0.759. The molecule has 0 aliphatic rings. The summed E-state index contributed by atoms with van der Waals surface area (Å²) in [7, 11) is 0. The fourth-order valence-electron chi connectivity index (χ4n) is 4.46. The van der Waals surface area contributed by atoms with Gasteiger partial charge in [0.05, 0.1) is 28.8 Å².